The van der Waals surface area contributed by atoms with Gasteiger partial charge in [-0.3, -0.25) is 25.4 Å². The average Bonchev–Trinajstić information content (AvgIpc) is 3.33. The van der Waals surface area contributed by atoms with Gasteiger partial charge in [0.2, 0.25) is 23.6 Å². The van der Waals surface area contributed by atoms with Gasteiger partial charge in [-0.05, 0) is 62.8 Å². The van der Waals surface area contributed by atoms with Crippen molar-refractivity contribution < 1.29 is 28.6 Å². The van der Waals surface area contributed by atoms with Crippen LogP contribution in [0.3, 0.4) is 0 Å². The van der Waals surface area contributed by atoms with Crippen molar-refractivity contribution in [2.75, 3.05) is 7.11 Å². The van der Waals surface area contributed by atoms with Crippen LogP contribution in [0.15, 0.2) is 48.7 Å². The first-order valence-corrected chi connectivity index (χ1v) is 15.5. The highest BCUT2D eigenvalue weighted by molar-refractivity contribution is 6.04. The predicted octanol–water partition coefficient (Wildman–Crippen LogP) is 5.63. The Bertz CT molecular complexity index is 1610. The van der Waals surface area contributed by atoms with Gasteiger partial charge in [0, 0.05) is 30.3 Å². The Balaban J connectivity index is 1.25. The first kappa shape index (κ1) is 31.7. The third kappa shape index (κ3) is 7.02. The van der Waals surface area contributed by atoms with Crippen molar-refractivity contribution in [2.45, 2.75) is 82.8 Å². The maximum atomic E-state index is 13.5. The number of fused-ring (bicyclic) bond motifs is 3. The van der Waals surface area contributed by atoms with Crippen LogP contribution in [0.2, 0.25) is 0 Å². The van der Waals surface area contributed by atoms with Crippen LogP contribution in [0, 0.1) is 16.7 Å². The van der Waals surface area contributed by atoms with Gasteiger partial charge >= 0.3 is 5.97 Å². The van der Waals surface area contributed by atoms with Crippen molar-refractivity contribution in [3.63, 3.8) is 0 Å². The number of methoxy groups -OCH3 is 1. The zero-order valence-corrected chi connectivity index (χ0v) is 25.7. The minimum atomic E-state index is -0.808. The number of aromatic nitrogens is 2. The lowest BCUT2D eigenvalue weighted by atomic mass is 9.76. The van der Waals surface area contributed by atoms with Crippen molar-refractivity contribution in [1.82, 2.24) is 15.3 Å². The fraction of sp³-hybridized carbons (Fsp3) is 0.441. The summed E-state index contributed by atoms with van der Waals surface area (Å²) in [5.74, 6) is -1.10. The Morgan fingerprint density at radius 3 is 2.64 bits per heavy atom. The zero-order valence-electron chi connectivity index (χ0n) is 25.7. The number of hydrogen-bond donors (Lipinski definition) is 3. The highest BCUT2D eigenvalue weighted by Crippen LogP contribution is 2.47. The van der Waals surface area contributed by atoms with E-state index in [-0.39, 0.29) is 41.3 Å². The van der Waals surface area contributed by atoms with E-state index >= 15 is 0 Å². The second kappa shape index (κ2) is 14.0. The monoisotopic (exact) mass is 613 g/mol. The van der Waals surface area contributed by atoms with E-state index in [1.165, 1.54) is 7.11 Å². The number of esters is 1. The summed E-state index contributed by atoms with van der Waals surface area (Å²) in [5, 5.41) is 21.2. The fourth-order valence-electron chi connectivity index (χ4n) is 6.13. The molecule has 1 amide bonds. The van der Waals surface area contributed by atoms with Crippen LogP contribution in [-0.4, -0.2) is 52.6 Å². The molecular weight excluding hydrogens is 574 g/mol. The largest absolute Gasteiger partial charge is 0.480 e. The molecule has 11 heteroatoms. The third-order valence-corrected chi connectivity index (χ3v) is 8.73. The van der Waals surface area contributed by atoms with Gasteiger partial charge in [0.15, 0.2) is 5.60 Å². The quantitative estimate of drug-likeness (QED) is 0.102. The summed E-state index contributed by atoms with van der Waals surface area (Å²) in [6.45, 7) is 1.85. The van der Waals surface area contributed by atoms with Crippen molar-refractivity contribution in [1.29, 1.82) is 10.8 Å². The Hall–Kier alpha value is -4.67. The number of hydrogen-bond acceptors (Lipinski definition) is 10. The van der Waals surface area contributed by atoms with E-state index in [9.17, 15) is 14.4 Å². The predicted molar refractivity (Wildman–Crippen MR) is 168 cm³/mol. The molecule has 2 aromatic heterocycles. The lowest BCUT2D eigenvalue weighted by molar-refractivity contribution is -0.128. The number of ether oxygens (including phenoxy) is 3. The van der Waals surface area contributed by atoms with E-state index in [0.717, 1.165) is 18.2 Å². The molecule has 1 fully saturated rings. The topological polar surface area (TPSA) is 164 Å². The Morgan fingerprint density at radius 2 is 1.89 bits per heavy atom. The Kier molecular flexibility index (Phi) is 9.85. The Morgan fingerprint density at radius 1 is 1.11 bits per heavy atom. The van der Waals surface area contributed by atoms with Gasteiger partial charge in [-0.1, -0.05) is 38.0 Å². The highest BCUT2D eigenvalue weighted by Gasteiger charge is 2.49. The van der Waals surface area contributed by atoms with Gasteiger partial charge in [-0.25, -0.2) is 9.78 Å². The molecule has 1 aromatic carbocycles. The van der Waals surface area contributed by atoms with E-state index in [4.69, 9.17) is 25.0 Å². The fourth-order valence-corrected chi connectivity index (χ4v) is 6.13. The van der Waals surface area contributed by atoms with Crippen LogP contribution < -0.4 is 10.1 Å². The first-order valence-electron chi connectivity index (χ1n) is 15.5. The number of benzene rings is 1. The van der Waals surface area contributed by atoms with Crippen molar-refractivity contribution in [3.05, 3.63) is 65.5 Å². The van der Waals surface area contributed by atoms with Crippen molar-refractivity contribution >= 4 is 40.4 Å². The van der Waals surface area contributed by atoms with Gasteiger partial charge in [0.1, 0.15) is 11.8 Å². The number of unbranched alkanes of at least 4 members (excludes halogenated alkanes) is 2. The summed E-state index contributed by atoms with van der Waals surface area (Å²) in [5.41, 5.74) is 1.31. The van der Waals surface area contributed by atoms with Gasteiger partial charge in [0.25, 0.3) is 0 Å². The van der Waals surface area contributed by atoms with Crippen LogP contribution in [0.4, 0.5) is 0 Å². The summed E-state index contributed by atoms with van der Waals surface area (Å²) in [6, 6.07) is 11.8. The number of nitrogens with one attached hydrogen (secondary N) is 3. The molecule has 1 aliphatic carbocycles. The number of para-hydroxylation sites is 1. The lowest BCUT2D eigenvalue weighted by Gasteiger charge is -2.35. The van der Waals surface area contributed by atoms with Gasteiger partial charge in [-0.2, -0.15) is 0 Å². The molecule has 3 aromatic rings. The molecule has 45 heavy (non-hydrogen) atoms. The Labute approximate surface area is 262 Å². The molecule has 5 rings (SSSR count). The molecule has 0 saturated heterocycles. The van der Waals surface area contributed by atoms with E-state index < -0.39 is 11.6 Å². The first-order chi connectivity index (χ1) is 21.7. The van der Waals surface area contributed by atoms with Crippen LogP contribution in [0.1, 0.15) is 92.7 Å². The second-order valence-corrected chi connectivity index (χ2v) is 11.6. The molecule has 0 unspecified atom stereocenters. The molecule has 0 radical (unpaired) electrons. The number of Topliss-reactive ketones (excluding diaryl/α,β-unsaturated/α-hetero) is 1. The molecule has 1 atom stereocenters. The van der Waals surface area contributed by atoms with E-state index in [2.05, 4.69) is 15.3 Å². The molecule has 3 N–H and O–H groups in total. The van der Waals surface area contributed by atoms with Gasteiger partial charge in [0.05, 0.1) is 29.4 Å². The highest BCUT2D eigenvalue weighted by atomic mass is 16.6. The number of pyridine rings is 2. The number of nitrogens with zero attached hydrogens (tertiary/aromatic N) is 2. The maximum Gasteiger partial charge on any atom is 0.341 e. The summed E-state index contributed by atoms with van der Waals surface area (Å²) in [4.78, 5) is 46.6. The average molecular weight is 614 g/mol. The van der Waals surface area contributed by atoms with E-state index in [1.54, 1.807) is 24.4 Å². The number of amides is 1. The lowest BCUT2D eigenvalue weighted by Crippen LogP contribution is -2.46. The minimum Gasteiger partial charge on any atom is -0.480 e. The van der Waals surface area contributed by atoms with Crippen LogP contribution in [-0.2, 0) is 24.7 Å². The number of carbonyl (C=O) groups excluding carboxylic acids is 3. The number of rotatable bonds is 12. The van der Waals surface area contributed by atoms with Crippen molar-refractivity contribution in [2.24, 2.45) is 5.92 Å². The number of ketones is 1. The molecular formula is C34H39N5O6. The summed E-state index contributed by atoms with van der Waals surface area (Å²) in [7, 11) is 1.46. The van der Waals surface area contributed by atoms with Gasteiger partial charge in [-0.15, -0.1) is 0 Å². The zero-order chi connectivity index (χ0) is 32.0. The van der Waals surface area contributed by atoms with E-state index in [1.807, 2.05) is 31.2 Å². The molecule has 2 aliphatic rings. The normalized spacial score (nSPS) is 19.4. The molecule has 236 valence electrons. The molecule has 1 saturated carbocycles. The summed E-state index contributed by atoms with van der Waals surface area (Å²) < 4.78 is 16.9. The SMILES string of the molecule is CCC(=O)CCCCC[C@H](NC(=O)[C@H]1CC[C@@]2(CC1)OC(=O)c1cccnc12)C(=N)OC(=N)c1cc2ccccc2nc1OC. The van der Waals surface area contributed by atoms with Crippen LogP contribution in [0.25, 0.3) is 10.9 Å². The third-order valence-electron chi connectivity index (χ3n) is 8.73. The minimum absolute atomic E-state index is 0.201. The van der Waals surface area contributed by atoms with Gasteiger partial charge < -0.3 is 19.5 Å². The number of carbonyl (C=O) groups is 3. The summed E-state index contributed by atoms with van der Waals surface area (Å²) >= 11 is 0. The maximum absolute atomic E-state index is 13.5. The standard InChI is InChI=1S/C34H39N5O6/c1-3-23(40)11-5-4-6-14-27(30(36)44-29(35)25-20-22-10-7-8-13-26(22)39-32(25)43-2)38-31(41)21-15-17-34(18-16-21)28-24(33(42)45-34)12-9-19-37-28/h7-10,12-13,19-21,27,35-36H,3-6,11,14-18H2,1-2H3,(H,38,41)/t21-,27-,34-/m0/s1. The molecule has 0 bridgehead atoms. The van der Waals surface area contributed by atoms with Crippen LogP contribution in [0.5, 0.6) is 5.88 Å². The molecule has 11 nitrogen and oxygen atoms in total. The second-order valence-electron chi connectivity index (χ2n) is 11.6. The van der Waals surface area contributed by atoms with E-state index in [0.29, 0.717) is 73.7 Å². The smallest absolute Gasteiger partial charge is 0.341 e. The van der Waals surface area contributed by atoms with Crippen LogP contribution >= 0.6 is 0 Å². The molecule has 3 heterocycles. The molecule has 1 aliphatic heterocycles. The van der Waals surface area contributed by atoms with Crippen molar-refractivity contribution in [3.8, 4) is 5.88 Å². The molecule has 1 spiro atoms. The summed E-state index contributed by atoms with van der Waals surface area (Å²) in [6.07, 6.45) is 7.17.